The molecule has 3 amide bonds. The topological polar surface area (TPSA) is 126 Å². The van der Waals surface area contributed by atoms with E-state index < -0.39 is 18.1 Å². The van der Waals surface area contributed by atoms with E-state index in [4.69, 9.17) is 4.74 Å². The quantitative estimate of drug-likeness (QED) is 0.509. The third-order valence-corrected chi connectivity index (χ3v) is 3.96. The summed E-state index contributed by atoms with van der Waals surface area (Å²) < 4.78 is 6.38. The van der Waals surface area contributed by atoms with E-state index in [-0.39, 0.29) is 18.0 Å². The molecule has 1 aromatic heterocycles. The van der Waals surface area contributed by atoms with Gasteiger partial charge in [-0.1, -0.05) is 6.92 Å². The maximum atomic E-state index is 12.2. The van der Waals surface area contributed by atoms with Crippen LogP contribution in [0.25, 0.3) is 0 Å². The summed E-state index contributed by atoms with van der Waals surface area (Å²) in [5.74, 6) is -1.37. The average molecular weight is 366 g/mol. The lowest BCUT2D eigenvalue weighted by atomic mass is 10.1. The first kappa shape index (κ1) is 19.9. The minimum atomic E-state index is -0.816. The van der Waals surface area contributed by atoms with Gasteiger partial charge in [-0.15, -0.1) is 0 Å². The first-order chi connectivity index (χ1) is 12.3. The van der Waals surface area contributed by atoms with Crippen molar-refractivity contribution in [2.75, 3.05) is 19.0 Å². The van der Waals surface area contributed by atoms with Crippen molar-refractivity contribution in [2.24, 2.45) is 0 Å². The summed E-state index contributed by atoms with van der Waals surface area (Å²) in [7, 11) is 1.51. The number of nitrogens with one attached hydrogen (secondary N) is 4. The number of rotatable bonds is 6. The predicted octanol–water partition coefficient (Wildman–Crippen LogP) is -0.375. The Labute approximate surface area is 152 Å². The van der Waals surface area contributed by atoms with Crippen molar-refractivity contribution in [3.8, 4) is 0 Å². The minimum Gasteiger partial charge on any atom is -0.383 e. The molecule has 144 valence electrons. The molecule has 2 rings (SSSR count). The zero-order valence-corrected chi connectivity index (χ0v) is 15.5. The average Bonchev–Trinajstić information content (AvgIpc) is 2.94. The molecule has 1 aliphatic heterocycles. The minimum absolute atomic E-state index is 0.0139. The van der Waals surface area contributed by atoms with Gasteiger partial charge in [-0.2, -0.15) is 5.10 Å². The molecule has 1 saturated heterocycles. The van der Waals surface area contributed by atoms with Crippen LogP contribution in [-0.2, 0) is 19.1 Å². The van der Waals surface area contributed by atoms with Gasteiger partial charge in [0.1, 0.15) is 5.82 Å². The predicted molar refractivity (Wildman–Crippen MR) is 94.1 cm³/mol. The van der Waals surface area contributed by atoms with Gasteiger partial charge in [-0.3, -0.25) is 19.7 Å². The van der Waals surface area contributed by atoms with E-state index in [1.54, 1.807) is 19.9 Å². The van der Waals surface area contributed by atoms with E-state index in [0.717, 1.165) is 6.42 Å². The summed E-state index contributed by atoms with van der Waals surface area (Å²) in [4.78, 5) is 36.0. The summed E-state index contributed by atoms with van der Waals surface area (Å²) >= 11 is 0. The van der Waals surface area contributed by atoms with Gasteiger partial charge in [0.15, 0.2) is 6.29 Å². The third kappa shape index (κ3) is 5.02. The Morgan fingerprint density at radius 3 is 2.85 bits per heavy atom. The van der Waals surface area contributed by atoms with Crippen LogP contribution in [-0.4, -0.2) is 53.3 Å². The Morgan fingerprint density at radius 1 is 1.46 bits per heavy atom. The summed E-state index contributed by atoms with van der Waals surface area (Å²) in [6.07, 6.45) is 0.570. The second-order valence-corrected chi connectivity index (χ2v) is 6.35. The molecule has 3 unspecified atom stereocenters. The number of methoxy groups -OCH3 is 1. The van der Waals surface area contributed by atoms with Crippen LogP contribution >= 0.6 is 0 Å². The van der Waals surface area contributed by atoms with Crippen molar-refractivity contribution in [3.05, 3.63) is 11.8 Å². The van der Waals surface area contributed by atoms with Crippen LogP contribution in [0.4, 0.5) is 5.82 Å². The number of amides is 3. The van der Waals surface area contributed by atoms with Crippen LogP contribution in [0.5, 0.6) is 0 Å². The van der Waals surface area contributed by atoms with Crippen molar-refractivity contribution in [3.63, 3.8) is 0 Å². The third-order valence-electron chi connectivity index (χ3n) is 3.96. The number of hydrogen-bond acceptors (Lipinski definition) is 6. The second kappa shape index (κ2) is 8.77. The van der Waals surface area contributed by atoms with Gasteiger partial charge >= 0.3 is 11.8 Å². The maximum absolute atomic E-state index is 12.2. The molecule has 0 saturated carbocycles. The number of hydrogen-bond donors (Lipinski definition) is 4. The molecule has 0 bridgehead atoms. The molecule has 0 radical (unpaired) electrons. The molecule has 3 atom stereocenters. The van der Waals surface area contributed by atoms with Crippen LogP contribution in [0, 0.1) is 6.92 Å². The standard InChI is InChI=1S/C16H26N6O4/c1-5-11-7-13(23)20-16(18-11)22-12(6-9(2)21-22)19-15(25)14(24)17-10(3)8-26-4/h6,10-11,16,18H,5,7-8H2,1-4H3,(H,17,24)(H,19,25)(H,20,23). The zero-order valence-electron chi connectivity index (χ0n) is 15.5. The lowest BCUT2D eigenvalue weighted by molar-refractivity contribution is -0.136. The first-order valence-corrected chi connectivity index (χ1v) is 8.56. The van der Waals surface area contributed by atoms with E-state index >= 15 is 0 Å². The Bertz CT molecular complexity index is 674. The SMILES string of the molecule is CCC1CC(=O)NC(n2nc(C)cc2NC(=O)C(=O)NC(C)COC)N1. The van der Waals surface area contributed by atoms with E-state index in [0.29, 0.717) is 24.5 Å². The van der Waals surface area contributed by atoms with Gasteiger partial charge in [0.25, 0.3) is 0 Å². The molecule has 4 N–H and O–H groups in total. The molecule has 10 nitrogen and oxygen atoms in total. The number of anilines is 1. The molecule has 0 aromatic carbocycles. The highest BCUT2D eigenvalue weighted by molar-refractivity contribution is 6.39. The molecule has 26 heavy (non-hydrogen) atoms. The van der Waals surface area contributed by atoms with Crippen LogP contribution in [0.15, 0.2) is 6.07 Å². The first-order valence-electron chi connectivity index (χ1n) is 8.56. The van der Waals surface area contributed by atoms with E-state index in [1.807, 2.05) is 6.92 Å². The van der Waals surface area contributed by atoms with Crippen molar-refractivity contribution in [1.29, 1.82) is 0 Å². The zero-order chi connectivity index (χ0) is 19.3. The molecule has 1 fully saturated rings. The Balaban J connectivity index is 2.10. The Hall–Kier alpha value is -2.46. The summed E-state index contributed by atoms with van der Waals surface area (Å²) in [5.41, 5.74) is 0.642. The summed E-state index contributed by atoms with van der Waals surface area (Å²) in [6.45, 7) is 5.77. The van der Waals surface area contributed by atoms with Gasteiger partial charge in [-0.25, -0.2) is 4.68 Å². The molecule has 10 heteroatoms. The number of carbonyl (C=O) groups excluding carboxylic acids is 3. The van der Waals surface area contributed by atoms with Crippen molar-refractivity contribution >= 4 is 23.5 Å². The fourth-order valence-corrected chi connectivity index (χ4v) is 2.71. The highest BCUT2D eigenvalue weighted by atomic mass is 16.5. The smallest absolute Gasteiger partial charge is 0.314 e. The van der Waals surface area contributed by atoms with E-state index in [9.17, 15) is 14.4 Å². The highest BCUT2D eigenvalue weighted by Gasteiger charge is 2.28. The van der Waals surface area contributed by atoms with Crippen LogP contribution in [0.2, 0.25) is 0 Å². The lowest BCUT2D eigenvalue weighted by Crippen LogP contribution is -2.53. The molecular formula is C16H26N6O4. The number of aromatic nitrogens is 2. The van der Waals surface area contributed by atoms with E-state index in [2.05, 4.69) is 26.4 Å². The van der Waals surface area contributed by atoms with Gasteiger partial charge in [0.05, 0.1) is 12.3 Å². The van der Waals surface area contributed by atoms with Crippen molar-refractivity contribution in [2.45, 2.75) is 52.0 Å². The van der Waals surface area contributed by atoms with Crippen LogP contribution in [0.3, 0.4) is 0 Å². The number of aryl methyl sites for hydroxylation is 1. The number of nitrogens with zero attached hydrogens (tertiary/aromatic N) is 2. The summed E-state index contributed by atoms with van der Waals surface area (Å²) in [6, 6.07) is 1.35. The second-order valence-electron chi connectivity index (χ2n) is 6.35. The molecule has 1 aliphatic rings. The largest absolute Gasteiger partial charge is 0.383 e. The van der Waals surface area contributed by atoms with Gasteiger partial charge in [0, 0.05) is 31.7 Å². The number of ether oxygens (including phenoxy) is 1. The fraction of sp³-hybridized carbons (Fsp3) is 0.625. The highest BCUT2D eigenvalue weighted by Crippen LogP contribution is 2.18. The van der Waals surface area contributed by atoms with Crippen molar-refractivity contribution in [1.82, 2.24) is 25.7 Å². The fourth-order valence-electron chi connectivity index (χ4n) is 2.71. The Kier molecular flexibility index (Phi) is 6.70. The molecule has 2 heterocycles. The molecular weight excluding hydrogens is 340 g/mol. The van der Waals surface area contributed by atoms with Gasteiger partial charge in [-0.05, 0) is 20.3 Å². The van der Waals surface area contributed by atoms with Crippen LogP contribution in [0.1, 0.15) is 38.7 Å². The monoisotopic (exact) mass is 366 g/mol. The van der Waals surface area contributed by atoms with Crippen molar-refractivity contribution < 1.29 is 19.1 Å². The lowest BCUT2D eigenvalue weighted by Gasteiger charge is -2.31. The normalized spacial score (nSPS) is 21.0. The number of carbonyl (C=O) groups is 3. The van der Waals surface area contributed by atoms with Gasteiger partial charge < -0.3 is 20.7 Å². The summed E-state index contributed by atoms with van der Waals surface area (Å²) in [5, 5.41) is 15.4. The molecule has 0 spiro atoms. The van der Waals surface area contributed by atoms with Crippen LogP contribution < -0.4 is 21.3 Å². The van der Waals surface area contributed by atoms with E-state index in [1.165, 1.54) is 11.8 Å². The van der Waals surface area contributed by atoms with Gasteiger partial charge in [0.2, 0.25) is 5.91 Å². The molecule has 1 aromatic rings. The molecule has 0 aliphatic carbocycles. The maximum Gasteiger partial charge on any atom is 0.314 e. The Morgan fingerprint density at radius 2 is 2.19 bits per heavy atom.